The Bertz CT molecular complexity index is 1140. The summed E-state index contributed by atoms with van der Waals surface area (Å²) < 4.78 is 0. The van der Waals surface area contributed by atoms with Crippen LogP contribution in [0.25, 0.3) is 22.2 Å². The number of hydrogen-bond acceptors (Lipinski definition) is 3. The molecule has 9 heteroatoms. The van der Waals surface area contributed by atoms with Crippen molar-refractivity contribution in [3.8, 4) is 11.3 Å². The molecule has 0 fully saturated rings. The van der Waals surface area contributed by atoms with E-state index in [1.165, 1.54) is 6.07 Å². The van der Waals surface area contributed by atoms with Crippen LogP contribution in [-0.2, 0) is 0 Å². The molecule has 0 aliphatic heterocycles. The highest BCUT2D eigenvalue weighted by Crippen LogP contribution is 2.46. The standard InChI is InChI=1S/C18H9Cl4NO4/c1-6-2-3-9-7(4-6)8(17(24)25)5-10(23-9)11-12(18(26)27)14(20)16(22)15(21)13(11)19/h2-5H,1H3,(H,24,25)(H,26,27). The molecular formula is C18H9Cl4NO4. The monoisotopic (exact) mass is 443 g/mol. The van der Waals surface area contributed by atoms with E-state index < -0.39 is 17.5 Å². The summed E-state index contributed by atoms with van der Waals surface area (Å²) in [6.45, 7) is 1.82. The Balaban J connectivity index is 2.48. The molecule has 1 heterocycles. The van der Waals surface area contributed by atoms with Crippen molar-refractivity contribution >= 4 is 69.2 Å². The third kappa shape index (κ3) is 3.32. The Hall–Kier alpha value is -2.05. The number of carboxylic acid groups (broad SMARTS) is 2. The lowest BCUT2D eigenvalue weighted by molar-refractivity contribution is 0.0688. The van der Waals surface area contributed by atoms with Gasteiger partial charge in [0.05, 0.1) is 42.4 Å². The molecule has 0 spiro atoms. The van der Waals surface area contributed by atoms with Crippen molar-refractivity contribution in [1.29, 1.82) is 0 Å². The van der Waals surface area contributed by atoms with Crippen molar-refractivity contribution in [2.24, 2.45) is 0 Å². The summed E-state index contributed by atoms with van der Waals surface area (Å²) >= 11 is 24.3. The average Bonchev–Trinajstić information content (AvgIpc) is 2.61. The summed E-state index contributed by atoms with van der Waals surface area (Å²) in [5.74, 6) is -2.61. The molecule has 2 aromatic carbocycles. The fraction of sp³-hybridized carbons (Fsp3) is 0.0556. The molecule has 0 atom stereocenters. The van der Waals surface area contributed by atoms with E-state index in [9.17, 15) is 19.8 Å². The number of fused-ring (bicyclic) bond motifs is 1. The van der Waals surface area contributed by atoms with Gasteiger partial charge in [-0.3, -0.25) is 0 Å². The molecule has 0 bridgehead atoms. The third-order valence-corrected chi connectivity index (χ3v) is 5.73. The minimum absolute atomic E-state index is 0.00613. The number of pyridine rings is 1. The van der Waals surface area contributed by atoms with Gasteiger partial charge < -0.3 is 10.2 Å². The van der Waals surface area contributed by atoms with Crippen LogP contribution < -0.4 is 0 Å². The average molecular weight is 445 g/mol. The van der Waals surface area contributed by atoms with Crippen LogP contribution in [-0.4, -0.2) is 27.1 Å². The smallest absolute Gasteiger partial charge is 0.338 e. The van der Waals surface area contributed by atoms with Gasteiger partial charge in [0.1, 0.15) is 0 Å². The van der Waals surface area contributed by atoms with E-state index in [1.54, 1.807) is 18.2 Å². The SMILES string of the molecule is Cc1ccc2nc(-c3c(Cl)c(Cl)c(Cl)c(Cl)c3C(=O)O)cc(C(=O)O)c2c1. The number of carbonyl (C=O) groups is 2. The molecule has 0 saturated heterocycles. The van der Waals surface area contributed by atoms with Crippen LogP contribution in [0.15, 0.2) is 24.3 Å². The molecule has 27 heavy (non-hydrogen) atoms. The van der Waals surface area contributed by atoms with Crippen LogP contribution >= 0.6 is 46.4 Å². The van der Waals surface area contributed by atoms with Gasteiger partial charge in [-0.2, -0.15) is 0 Å². The molecule has 3 rings (SSSR count). The van der Waals surface area contributed by atoms with Gasteiger partial charge in [-0.25, -0.2) is 14.6 Å². The van der Waals surface area contributed by atoms with Gasteiger partial charge in [0.25, 0.3) is 0 Å². The number of halogens is 4. The van der Waals surface area contributed by atoms with Crippen LogP contribution in [0.5, 0.6) is 0 Å². The van der Waals surface area contributed by atoms with E-state index in [-0.39, 0.29) is 36.9 Å². The summed E-state index contributed by atoms with van der Waals surface area (Å²) in [4.78, 5) is 27.9. The summed E-state index contributed by atoms with van der Waals surface area (Å²) in [7, 11) is 0. The zero-order chi connectivity index (χ0) is 20.0. The number of aromatic nitrogens is 1. The number of aromatic carboxylic acids is 2. The second-order valence-electron chi connectivity index (χ2n) is 5.69. The highest BCUT2D eigenvalue weighted by Gasteiger charge is 2.27. The number of nitrogens with zero attached hydrogens (tertiary/aromatic N) is 1. The molecule has 1 aromatic heterocycles. The van der Waals surface area contributed by atoms with Gasteiger partial charge in [0.15, 0.2) is 0 Å². The maximum absolute atomic E-state index is 11.8. The van der Waals surface area contributed by atoms with Gasteiger partial charge in [-0.1, -0.05) is 58.0 Å². The highest BCUT2D eigenvalue weighted by molar-refractivity contribution is 6.54. The van der Waals surface area contributed by atoms with Crippen molar-refractivity contribution < 1.29 is 19.8 Å². The summed E-state index contributed by atoms with van der Waals surface area (Å²) in [5.41, 5.74) is 0.631. The molecule has 0 amide bonds. The molecule has 0 aliphatic rings. The Labute approximate surface area is 173 Å². The van der Waals surface area contributed by atoms with Gasteiger partial charge in [0, 0.05) is 10.9 Å². The maximum atomic E-state index is 11.8. The lowest BCUT2D eigenvalue weighted by Gasteiger charge is -2.15. The topological polar surface area (TPSA) is 87.5 Å². The van der Waals surface area contributed by atoms with E-state index in [0.29, 0.717) is 10.9 Å². The molecule has 5 nitrogen and oxygen atoms in total. The minimum atomic E-state index is -1.40. The van der Waals surface area contributed by atoms with Crippen LogP contribution in [0.3, 0.4) is 0 Å². The number of aryl methyl sites for hydroxylation is 1. The van der Waals surface area contributed by atoms with Crippen LogP contribution in [0.1, 0.15) is 26.3 Å². The summed E-state index contributed by atoms with van der Waals surface area (Å²) in [5, 5.41) is 18.7. The number of hydrogen-bond donors (Lipinski definition) is 2. The first-order valence-electron chi connectivity index (χ1n) is 7.37. The number of carboxylic acids is 2. The number of benzene rings is 2. The van der Waals surface area contributed by atoms with Crippen molar-refractivity contribution in [3.05, 3.63) is 61.0 Å². The van der Waals surface area contributed by atoms with Crippen LogP contribution in [0.2, 0.25) is 20.1 Å². The Morgan fingerprint density at radius 1 is 0.889 bits per heavy atom. The normalized spacial score (nSPS) is 11.0. The van der Waals surface area contributed by atoms with E-state index in [2.05, 4.69) is 4.98 Å². The quantitative estimate of drug-likeness (QED) is 0.369. The zero-order valence-corrected chi connectivity index (χ0v) is 16.5. The third-order valence-electron chi connectivity index (χ3n) is 3.93. The van der Waals surface area contributed by atoms with Crippen LogP contribution in [0.4, 0.5) is 0 Å². The van der Waals surface area contributed by atoms with E-state index in [0.717, 1.165) is 5.56 Å². The van der Waals surface area contributed by atoms with Crippen molar-refractivity contribution in [1.82, 2.24) is 4.98 Å². The van der Waals surface area contributed by atoms with Crippen molar-refractivity contribution in [2.75, 3.05) is 0 Å². The van der Waals surface area contributed by atoms with Gasteiger partial charge in [-0.05, 0) is 25.1 Å². The first kappa shape index (κ1) is 19.7. The van der Waals surface area contributed by atoms with Gasteiger partial charge in [-0.15, -0.1) is 0 Å². The maximum Gasteiger partial charge on any atom is 0.338 e. The predicted molar refractivity (Wildman–Crippen MR) is 106 cm³/mol. The predicted octanol–water partition coefficient (Wildman–Crippen LogP) is 6.22. The highest BCUT2D eigenvalue weighted by atomic mass is 35.5. The molecule has 0 aliphatic carbocycles. The first-order valence-corrected chi connectivity index (χ1v) is 8.89. The molecular weight excluding hydrogens is 436 g/mol. The van der Waals surface area contributed by atoms with E-state index in [1.807, 2.05) is 6.92 Å². The molecule has 138 valence electrons. The van der Waals surface area contributed by atoms with E-state index in [4.69, 9.17) is 46.4 Å². The van der Waals surface area contributed by atoms with E-state index >= 15 is 0 Å². The second kappa shape index (κ2) is 7.17. The molecule has 0 saturated carbocycles. The van der Waals surface area contributed by atoms with Crippen molar-refractivity contribution in [2.45, 2.75) is 6.92 Å². The fourth-order valence-corrected chi connectivity index (χ4v) is 3.75. The largest absolute Gasteiger partial charge is 0.478 e. The van der Waals surface area contributed by atoms with Gasteiger partial charge in [0.2, 0.25) is 0 Å². The molecule has 0 radical (unpaired) electrons. The molecule has 0 unspecified atom stereocenters. The summed E-state index contributed by atoms with van der Waals surface area (Å²) in [6, 6.07) is 6.30. The first-order chi connectivity index (χ1) is 12.6. The Kier molecular flexibility index (Phi) is 5.23. The van der Waals surface area contributed by atoms with Gasteiger partial charge >= 0.3 is 11.9 Å². The molecule has 3 aromatic rings. The van der Waals surface area contributed by atoms with Crippen molar-refractivity contribution in [3.63, 3.8) is 0 Å². The zero-order valence-electron chi connectivity index (χ0n) is 13.5. The number of rotatable bonds is 3. The minimum Gasteiger partial charge on any atom is -0.478 e. The lowest BCUT2D eigenvalue weighted by Crippen LogP contribution is -2.06. The Morgan fingerprint density at radius 3 is 2.11 bits per heavy atom. The Morgan fingerprint density at radius 2 is 1.52 bits per heavy atom. The molecule has 2 N–H and O–H groups in total. The lowest BCUT2D eigenvalue weighted by atomic mass is 9.99. The summed E-state index contributed by atoms with van der Waals surface area (Å²) in [6.07, 6.45) is 0. The fourth-order valence-electron chi connectivity index (χ4n) is 2.72. The van der Waals surface area contributed by atoms with Crippen LogP contribution in [0, 0.1) is 6.92 Å². The second-order valence-corrected chi connectivity index (χ2v) is 7.20.